The quantitative estimate of drug-likeness (QED) is 0.0280. The summed E-state index contributed by atoms with van der Waals surface area (Å²) in [6, 6.07) is 26.1. The third-order valence-corrected chi connectivity index (χ3v) is 27.4. The average Bonchev–Trinajstić information content (AvgIpc) is 0.766. The number of aromatic nitrogens is 6. The van der Waals surface area contributed by atoms with E-state index < -0.39 is 70.8 Å². The molecule has 5 saturated heterocycles. The molecule has 0 bridgehead atoms. The fourth-order valence-electron chi connectivity index (χ4n) is 19.3. The summed E-state index contributed by atoms with van der Waals surface area (Å²) in [5.41, 5.74) is 7.70. The van der Waals surface area contributed by atoms with Gasteiger partial charge in [0, 0.05) is 154 Å². The molecular formula is C98H108Cl3F6N21O6. The van der Waals surface area contributed by atoms with Crippen LogP contribution in [0, 0.1) is 37.2 Å². The van der Waals surface area contributed by atoms with Crippen LogP contribution in [0.25, 0.3) is 46.9 Å². The standard InChI is InChI=1S/C34H38ClF2N7O2.C32H34ClF2N7O2.C32H36ClF2N7O2/c1-22(41-13-5-4-6-14-41)21-46-34-39-28-20-42(29-9-7-8-24-10-11-27(37)31(35)30(24)29)15-12-26(28)32(40-34)43-16-17-44(33(45)23(2)36)25(19-43)18-38-3;1-4-11-39-17-23(18-39)44-32-37-26-19-40(27-7-5-6-21-8-9-25(35)29(33)28(21)27)12-10-24(26)30(38-32)41-13-14-42(31(43)20(2)34)22(16-41)15-36-3;1-5-39(6-2)16-17-44-32-37-26-20-40(27-9-7-8-22-10-11-25(35)29(33)28(22)27)13-12-24(26)30(38-32)41-14-15-42(31(43)21(3)34)23(19-41)18-36-4/h7-11,22,25H,2,4-6,12-21H2,1H3;5-9,22-23H,2,4,10-19H2,1H3;7-11,23H,3,5-6,12-20H2,1-2H3/t22?,25-;22-;23-/m000/s1. The van der Waals surface area contributed by atoms with Crippen molar-refractivity contribution in [2.24, 2.45) is 0 Å². The first kappa shape index (κ1) is 96.5. The zero-order valence-corrected chi connectivity index (χ0v) is 77.9. The lowest BCUT2D eigenvalue weighted by molar-refractivity contribution is -0.131. The zero-order chi connectivity index (χ0) is 94.7. The zero-order valence-electron chi connectivity index (χ0n) is 75.7. The summed E-state index contributed by atoms with van der Waals surface area (Å²) in [5.74, 6) is -4.76. The van der Waals surface area contributed by atoms with Gasteiger partial charge in [-0.05, 0) is 131 Å². The summed E-state index contributed by atoms with van der Waals surface area (Å²) in [6.45, 7) is 54.5. The first-order chi connectivity index (χ1) is 64.8. The molecule has 134 heavy (non-hydrogen) atoms. The number of benzene rings is 6. The second-order valence-electron chi connectivity index (χ2n) is 34.7. The Balaban J connectivity index is 0.000000153. The van der Waals surface area contributed by atoms with Crippen LogP contribution < -0.4 is 43.6 Å². The van der Waals surface area contributed by atoms with Crippen molar-refractivity contribution < 1.29 is 54.9 Å². The number of likely N-dealkylation sites (N-methyl/N-ethyl adjacent to an activating group) is 1. The van der Waals surface area contributed by atoms with Crippen molar-refractivity contribution in [2.45, 2.75) is 123 Å². The maximum Gasteiger partial charge on any atom is 0.319 e. The Morgan fingerprint density at radius 2 is 0.836 bits per heavy atom. The second-order valence-corrected chi connectivity index (χ2v) is 35.8. The maximum atomic E-state index is 14.6. The van der Waals surface area contributed by atoms with Gasteiger partial charge in [0.2, 0.25) is 19.6 Å². The topological polar surface area (TPSA) is 208 Å². The molecule has 5 fully saturated rings. The number of nitrogens with zero attached hydrogens (tertiary/aromatic N) is 21. The van der Waals surface area contributed by atoms with Crippen LogP contribution in [0.5, 0.6) is 18.0 Å². The van der Waals surface area contributed by atoms with Crippen LogP contribution >= 0.6 is 34.8 Å². The molecule has 4 atom stereocenters. The Morgan fingerprint density at radius 1 is 0.470 bits per heavy atom. The number of amides is 3. The number of piperazine rings is 3. The second kappa shape index (κ2) is 43.5. The minimum Gasteiger partial charge on any atom is -0.462 e. The largest absolute Gasteiger partial charge is 0.462 e. The lowest BCUT2D eigenvalue weighted by Gasteiger charge is -2.41. The molecule has 36 heteroatoms. The molecule has 9 aromatic rings. The molecule has 0 saturated carbocycles. The number of halogens is 9. The van der Waals surface area contributed by atoms with E-state index in [0.29, 0.717) is 145 Å². The highest BCUT2D eigenvalue weighted by Gasteiger charge is 2.42. The molecule has 0 spiro atoms. The highest BCUT2D eigenvalue weighted by Crippen LogP contribution is 2.44. The number of hydrogen-bond donors (Lipinski definition) is 0. The van der Waals surface area contributed by atoms with Gasteiger partial charge in [-0.3, -0.25) is 24.2 Å². The van der Waals surface area contributed by atoms with Crippen molar-refractivity contribution in [3.63, 3.8) is 0 Å². The number of ether oxygens (including phenoxy) is 3. The maximum absolute atomic E-state index is 14.6. The number of anilines is 6. The van der Waals surface area contributed by atoms with E-state index >= 15 is 0 Å². The molecule has 3 aromatic heterocycles. The molecule has 0 aliphatic carbocycles. The van der Waals surface area contributed by atoms with Crippen LogP contribution in [-0.4, -0.2) is 271 Å². The van der Waals surface area contributed by atoms with Gasteiger partial charge < -0.3 is 77.7 Å². The highest BCUT2D eigenvalue weighted by molar-refractivity contribution is 6.38. The van der Waals surface area contributed by atoms with Gasteiger partial charge in [-0.25, -0.2) is 46.1 Å². The number of likely N-dealkylation sites (tertiary alicyclic amines) is 2. The van der Waals surface area contributed by atoms with Gasteiger partial charge in [-0.15, -0.1) is 0 Å². The first-order valence-electron chi connectivity index (χ1n) is 45.6. The van der Waals surface area contributed by atoms with Crippen LogP contribution in [0.1, 0.15) is 87.2 Å². The Kier molecular flexibility index (Phi) is 31.4. The molecule has 1 unspecified atom stereocenters. The number of hydrogen-bond acceptors (Lipinski definition) is 21. The van der Waals surface area contributed by atoms with Crippen LogP contribution in [0.3, 0.4) is 0 Å². The number of rotatable bonds is 26. The number of piperidine rings is 1. The van der Waals surface area contributed by atoms with Gasteiger partial charge >= 0.3 is 18.0 Å². The van der Waals surface area contributed by atoms with E-state index in [1.807, 2.05) is 59.5 Å². The van der Waals surface area contributed by atoms with Crippen molar-refractivity contribution >= 4 is 119 Å². The first-order valence-corrected chi connectivity index (χ1v) is 46.8. The molecule has 17 rings (SSSR count). The van der Waals surface area contributed by atoms with Crippen molar-refractivity contribution in [2.75, 3.05) is 193 Å². The fourth-order valence-corrected chi connectivity index (χ4v) is 20.1. The average molecular weight is 1900 g/mol. The van der Waals surface area contributed by atoms with Crippen LogP contribution in [0.15, 0.2) is 128 Å². The molecular weight excluding hydrogens is 1790 g/mol. The molecule has 704 valence electrons. The lowest BCUT2D eigenvalue weighted by Crippen LogP contribution is -2.57. The minimum absolute atomic E-state index is 0.0214. The molecule has 8 aliphatic rings. The SMILES string of the molecule is [C-]#[N+]C[C@H]1CN(c2nc(OC3CN(CCC)C3)nc3c2CCN(c2cccc4ccc(F)c(Cl)c24)C3)CCN1C(=O)C(=C)F.[C-]#[N+]C[C@H]1CN(c2nc(OCC(C)N3CCCCC3)nc3c2CCN(c2cccc4ccc(F)c(Cl)c24)C3)CCN1C(=O)C(=C)F.[C-]#[N+]C[C@H]1CN(c2nc(OCCN(CC)CC)nc3c2CCN(c2cccc4ccc(F)c(Cl)c24)C3)CCN1C(=O)C(=C)F. The lowest BCUT2D eigenvalue weighted by atomic mass is 10.0. The fraction of sp³-hybridized carbons (Fsp3) is 0.449. The predicted molar refractivity (Wildman–Crippen MR) is 510 cm³/mol. The molecule has 8 aliphatic heterocycles. The summed E-state index contributed by atoms with van der Waals surface area (Å²) in [6.07, 6.45) is 6.46. The van der Waals surface area contributed by atoms with E-state index in [1.54, 1.807) is 18.2 Å². The summed E-state index contributed by atoms with van der Waals surface area (Å²) in [5, 5.41) is 4.78. The molecule has 0 N–H and O–H groups in total. The van der Waals surface area contributed by atoms with Gasteiger partial charge in [0.15, 0.2) is 17.5 Å². The Labute approximate surface area is 791 Å². The van der Waals surface area contributed by atoms with E-state index in [4.69, 9.17) is 98.6 Å². The monoisotopic (exact) mass is 1890 g/mol. The summed E-state index contributed by atoms with van der Waals surface area (Å²) in [4.78, 5) is 101. The van der Waals surface area contributed by atoms with Gasteiger partial charge in [-0.2, -0.15) is 29.9 Å². The number of fused-ring (bicyclic) bond motifs is 6. The Bertz CT molecular complexity index is 6050. The summed E-state index contributed by atoms with van der Waals surface area (Å²) in [7, 11) is 0. The third kappa shape index (κ3) is 21.4. The van der Waals surface area contributed by atoms with Gasteiger partial charge in [0.25, 0.3) is 17.7 Å². The van der Waals surface area contributed by atoms with E-state index in [2.05, 4.69) is 101 Å². The number of carbonyl (C=O) groups excluding carboxylic acids is 3. The highest BCUT2D eigenvalue weighted by atomic mass is 35.5. The normalized spacial score (nSPS) is 18.4. The Hall–Kier alpha value is -12.0. The van der Waals surface area contributed by atoms with Crippen molar-refractivity contribution in [3.05, 3.63) is 229 Å². The minimum atomic E-state index is -1.04. The van der Waals surface area contributed by atoms with E-state index in [9.17, 15) is 40.7 Å². The van der Waals surface area contributed by atoms with Crippen LogP contribution in [-0.2, 0) is 53.3 Å². The van der Waals surface area contributed by atoms with Gasteiger partial charge in [0.1, 0.15) is 72.3 Å². The van der Waals surface area contributed by atoms with Crippen molar-refractivity contribution in [1.29, 1.82) is 0 Å². The van der Waals surface area contributed by atoms with Gasteiger partial charge in [0.05, 0.1) is 51.8 Å². The van der Waals surface area contributed by atoms with Crippen molar-refractivity contribution in [3.8, 4) is 18.0 Å². The Morgan fingerprint density at radius 3 is 1.19 bits per heavy atom. The van der Waals surface area contributed by atoms with Crippen molar-refractivity contribution in [1.82, 2.24) is 59.3 Å². The molecule has 11 heterocycles. The number of carbonyl (C=O) groups is 3. The van der Waals surface area contributed by atoms with E-state index in [-0.39, 0.29) is 84.5 Å². The molecule has 6 aromatic carbocycles. The van der Waals surface area contributed by atoms with Crippen LogP contribution in [0.4, 0.5) is 60.9 Å². The molecule has 27 nitrogen and oxygen atoms in total. The van der Waals surface area contributed by atoms with Crippen LogP contribution in [0.2, 0.25) is 15.1 Å². The van der Waals surface area contributed by atoms with E-state index in [1.165, 1.54) is 52.2 Å². The van der Waals surface area contributed by atoms with E-state index in [0.717, 1.165) is 126 Å². The smallest absolute Gasteiger partial charge is 0.319 e. The third-order valence-electron chi connectivity index (χ3n) is 26.3. The molecule has 0 radical (unpaired) electrons. The predicted octanol–water partition coefficient (Wildman–Crippen LogP) is 15.7. The summed E-state index contributed by atoms with van der Waals surface area (Å²) >= 11 is 19.4. The summed E-state index contributed by atoms with van der Waals surface area (Å²) < 4.78 is 104. The van der Waals surface area contributed by atoms with Gasteiger partial charge in [-0.1, -0.05) is 136 Å². The molecule has 3 amide bonds.